The molecule has 0 radical (unpaired) electrons. The summed E-state index contributed by atoms with van der Waals surface area (Å²) in [5.41, 5.74) is 1.77. The summed E-state index contributed by atoms with van der Waals surface area (Å²) in [6.07, 6.45) is 2.14. The highest BCUT2D eigenvalue weighted by Gasteiger charge is 2.04. The maximum atomic E-state index is 3.94. The SMILES string of the molecule is CCC(Br)Cc1nncs1. The molecule has 0 fully saturated rings. The molecule has 1 aromatic rings. The normalized spacial score (nSPS) is 13.4. The molecule has 0 spiro atoms. The lowest BCUT2D eigenvalue weighted by molar-refractivity contribution is 0.811. The predicted octanol–water partition coefficient (Wildman–Crippen LogP) is 2.25. The Labute approximate surface area is 72.8 Å². The van der Waals surface area contributed by atoms with Gasteiger partial charge < -0.3 is 0 Å². The van der Waals surface area contributed by atoms with Crippen molar-refractivity contribution in [3.63, 3.8) is 0 Å². The van der Waals surface area contributed by atoms with Crippen molar-refractivity contribution in [1.29, 1.82) is 0 Å². The largest absolute Gasteiger partial charge is 0.147 e. The third kappa shape index (κ3) is 2.34. The Kier molecular flexibility index (Phi) is 3.28. The van der Waals surface area contributed by atoms with Crippen LogP contribution in [0.3, 0.4) is 0 Å². The number of aromatic nitrogens is 2. The smallest absolute Gasteiger partial charge is 0.118 e. The predicted molar refractivity (Wildman–Crippen MR) is 46.6 cm³/mol. The second kappa shape index (κ2) is 4.03. The van der Waals surface area contributed by atoms with Crippen LogP contribution >= 0.6 is 27.3 Å². The van der Waals surface area contributed by atoms with Crippen molar-refractivity contribution < 1.29 is 0 Å². The summed E-state index contributed by atoms with van der Waals surface area (Å²) in [6, 6.07) is 0. The Hall–Kier alpha value is 0.0400. The molecule has 10 heavy (non-hydrogen) atoms. The lowest BCUT2D eigenvalue weighted by Crippen LogP contribution is -1.99. The van der Waals surface area contributed by atoms with E-state index in [4.69, 9.17) is 0 Å². The molecule has 0 aliphatic heterocycles. The summed E-state index contributed by atoms with van der Waals surface area (Å²) in [5.74, 6) is 0. The van der Waals surface area contributed by atoms with Crippen LogP contribution in [0.25, 0.3) is 0 Å². The lowest BCUT2D eigenvalue weighted by Gasteiger charge is -2.00. The standard InChI is InChI=1S/C6H9BrN2S/c1-2-5(7)3-6-9-8-4-10-6/h4-5H,2-3H2,1H3. The number of alkyl halides is 1. The van der Waals surface area contributed by atoms with Gasteiger partial charge in [0.1, 0.15) is 10.5 Å². The third-order valence-electron chi connectivity index (χ3n) is 1.24. The van der Waals surface area contributed by atoms with E-state index in [0.29, 0.717) is 4.83 Å². The van der Waals surface area contributed by atoms with Crippen LogP contribution in [0.4, 0.5) is 0 Å². The number of nitrogens with zero attached hydrogens (tertiary/aromatic N) is 2. The topological polar surface area (TPSA) is 25.8 Å². The van der Waals surface area contributed by atoms with Gasteiger partial charge in [-0.1, -0.05) is 22.9 Å². The number of hydrogen-bond donors (Lipinski definition) is 0. The van der Waals surface area contributed by atoms with Crippen molar-refractivity contribution in [3.05, 3.63) is 10.5 Å². The number of halogens is 1. The molecule has 1 heterocycles. The van der Waals surface area contributed by atoms with E-state index in [9.17, 15) is 0 Å². The Balaban J connectivity index is 2.40. The van der Waals surface area contributed by atoms with Crippen molar-refractivity contribution in [1.82, 2.24) is 10.2 Å². The minimum Gasteiger partial charge on any atom is -0.147 e. The zero-order valence-electron chi connectivity index (χ0n) is 5.75. The molecule has 56 valence electrons. The molecule has 1 aromatic heterocycles. The van der Waals surface area contributed by atoms with Crippen LogP contribution in [0, 0.1) is 0 Å². The first-order chi connectivity index (χ1) is 4.83. The molecule has 0 aliphatic carbocycles. The summed E-state index contributed by atoms with van der Waals surface area (Å²) in [7, 11) is 0. The molecule has 0 saturated heterocycles. The fourth-order valence-corrected chi connectivity index (χ4v) is 1.75. The van der Waals surface area contributed by atoms with Crippen LogP contribution in [-0.4, -0.2) is 15.0 Å². The fraction of sp³-hybridized carbons (Fsp3) is 0.667. The molecule has 1 rings (SSSR count). The van der Waals surface area contributed by atoms with E-state index >= 15 is 0 Å². The first-order valence-electron chi connectivity index (χ1n) is 3.22. The van der Waals surface area contributed by atoms with Crippen molar-refractivity contribution in [3.8, 4) is 0 Å². The summed E-state index contributed by atoms with van der Waals surface area (Å²) in [5, 5.41) is 8.81. The molecule has 0 saturated carbocycles. The van der Waals surface area contributed by atoms with E-state index < -0.39 is 0 Å². The van der Waals surface area contributed by atoms with Crippen molar-refractivity contribution in [2.75, 3.05) is 0 Å². The minimum atomic E-state index is 0.556. The van der Waals surface area contributed by atoms with E-state index in [0.717, 1.165) is 17.8 Å². The zero-order chi connectivity index (χ0) is 7.40. The monoisotopic (exact) mass is 220 g/mol. The summed E-state index contributed by atoms with van der Waals surface area (Å²) in [6.45, 7) is 2.15. The lowest BCUT2D eigenvalue weighted by atomic mass is 10.3. The highest BCUT2D eigenvalue weighted by Crippen LogP contribution is 2.13. The van der Waals surface area contributed by atoms with Crippen molar-refractivity contribution in [2.24, 2.45) is 0 Å². The number of hydrogen-bond acceptors (Lipinski definition) is 3. The van der Waals surface area contributed by atoms with Crippen molar-refractivity contribution in [2.45, 2.75) is 24.6 Å². The van der Waals surface area contributed by atoms with Crippen LogP contribution in [0.1, 0.15) is 18.4 Å². The van der Waals surface area contributed by atoms with Crippen LogP contribution in [0.2, 0.25) is 0 Å². The second-order valence-electron chi connectivity index (χ2n) is 2.04. The van der Waals surface area contributed by atoms with Gasteiger partial charge in [0.2, 0.25) is 0 Å². The average Bonchev–Trinajstić information content (AvgIpc) is 2.40. The minimum absolute atomic E-state index is 0.556. The first kappa shape index (κ1) is 8.14. The molecule has 0 aromatic carbocycles. The van der Waals surface area contributed by atoms with Gasteiger partial charge in [0.15, 0.2) is 0 Å². The summed E-state index contributed by atoms with van der Waals surface area (Å²) >= 11 is 5.15. The molecule has 0 amide bonds. The molecule has 0 bridgehead atoms. The fourth-order valence-electron chi connectivity index (χ4n) is 0.619. The van der Waals surface area contributed by atoms with Crippen molar-refractivity contribution >= 4 is 27.3 Å². The van der Waals surface area contributed by atoms with Crippen LogP contribution < -0.4 is 0 Å². The molecule has 0 aliphatic rings. The first-order valence-corrected chi connectivity index (χ1v) is 5.01. The molecule has 2 nitrogen and oxygen atoms in total. The Morgan fingerprint density at radius 3 is 3.10 bits per heavy atom. The zero-order valence-corrected chi connectivity index (χ0v) is 8.15. The van der Waals surface area contributed by atoms with E-state index in [1.807, 2.05) is 0 Å². The van der Waals surface area contributed by atoms with Gasteiger partial charge in [-0.2, -0.15) is 0 Å². The van der Waals surface area contributed by atoms with E-state index in [2.05, 4.69) is 33.1 Å². The van der Waals surface area contributed by atoms with E-state index in [1.165, 1.54) is 0 Å². The molecule has 1 atom stereocenters. The van der Waals surface area contributed by atoms with Crippen LogP contribution in [0.5, 0.6) is 0 Å². The van der Waals surface area contributed by atoms with Gasteiger partial charge in [-0.15, -0.1) is 21.5 Å². The van der Waals surface area contributed by atoms with E-state index in [-0.39, 0.29) is 0 Å². The molecule has 0 N–H and O–H groups in total. The molecule has 1 unspecified atom stereocenters. The number of rotatable bonds is 3. The Morgan fingerprint density at radius 2 is 2.60 bits per heavy atom. The third-order valence-corrected chi connectivity index (χ3v) is 2.94. The Morgan fingerprint density at radius 1 is 1.80 bits per heavy atom. The average molecular weight is 221 g/mol. The van der Waals surface area contributed by atoms with Gasteiger partial charge in [-0.25, -0.2) is 0 Å². The summed E-state index contributed by atoms with van der Waals surface area (Å²) in [4.78, 5) is 0.556. The van der Waals surface area contributed by atoms with Crippen LogP contribution in [0.15, 0.2) is 5.51 Å². The molecular weight excluding hydrogens is 212 g/mol. The van der Waals surface area contributed by atoms with Gasteiger partial charge in [-0.05, 0) is 6.42 Å². The van der Waals surface area contributed by atoms with Gasteiger partial charge >= 0.3 is 0 Å². The van der Waals surface area contributed by atoms with Gasteiger partial charge in [-0.3, -0.25) is 0 Å². The van der Waals surface area contributed by atoms with Gasteiger partial charge in [0.25, 0.3) is 0 Å². The Bertz CT molecular complexity index is 176. The van der Waals surface area contributed by atoms with Gasteiger partial charge in [0, 0.05) is 11.2 Å². The highest BCUT2D eigenvalue weighted by atomic mass is 79.9. The van der Waals surface area contributed by atoms with E-state index in [1.54, 1.807) is 16.8 Å². The second-order valence-corrected chi connectivity index (χ2v) is 4.25. The van der Waals surface area contributed by atoms with Crippen LogP contribution in [-0.2, 0) is 6.42 Å². The highest BCUT2D eigenvalue weighted by molar-refractivity contribution is 9.09. The maximum Gasteiger partial charge on any atom is 0.118 e. The summed E-state index contributed by atoms with van der Waals surface area (Å²) < 4.78 is 0. The molecular formula is C6H9BrN2S. The molecule has 4 heteroatoms. The maximum absolute atomic E-state index is 3.94. The van der Waals surface area contributed by atoms with Gasteiger partial charge in [0.05, 0.1) is 0 Å². The quantitative estimate of drug-likeness (QED) is 0.731.